The SMILES string of the molecule is CSc1ccc(Cl)c(C(=O)NC2CCCC2CBr)c1. The highest BCUT2D eigenvalue weighted by molar-refractivity contribution is 9.09. The van der Waals surface area contributed by atoms with Gasteiger partial charge in [0.05, 0.1) is 10.6 Å². The highest BCUT2D eigenvalue weighted by atomic mass is 79.9. The molecule has 19 heavy (non-hydrogen) atoms. The lowest BCUT2D eigenvalue weighted by Gasteiger charge is -2.19. The molecule has 0 saturated heterocycles. The van der Waals surface area contributed by atoms with Gasteiger partial charge in [-0.3, -0.25) is 4.79 Å². The van der Waals surface area contributed by atoms with Crippen molar-refractivity contribution < 1.29 is 4.79 Å². The van der Waals surface area contributed by atoms with Crippen LogP contribution in [0.3, 0.4) is 0 Å². The van der Waals surface area contributed by atoms with Crippen molar-refractivity contribution in [3.05, 3.63) is 28.8 Å². The summed E-state index contributed by atoms with van der Waals surface area (Å²) in [5.74, 6) is 0.477. The van der Waals surface area contributed by atoms with Gasteiger partial charge in [-0.05, 0) is 43.2 Å². The predicted molar refractivity (Wildman–Crippen MR) is 85.6 cm³/mol. The zero-order valence-electron chi connectivity index (χ0n) is 10.8. The summed E-state index contributed by atoms with van der Waals surface area (Å²) in [5, 5.41) is 4.58. The van der Waals surface area contributed by atoms with E-state index < -0.39 is 0 Å². The lowest BCUT2D eigenvalue weighted by molar-refractivity contribution is 0.0930. The average Bonchev–Trinajstić information content (AvgIpc) is 2.86. The summed E-state index contributed by atoms with van der Waals surface area (Å²) in [5.41, 5.74) is 0.578. The maximum Gasteiger partial charge on any atom is 0.253 e. The summed E-state index contributed by atoms with van der Waals surface area (Å²) in [6, 6.07) is 5.85. The second kappa shape index (κ2) is 7.00. The molecule has 1 aromatic rings. The number of benzene rings is 1. The van der Waals surface area contributed by atoms with Crippen LogP contribution in [0.2, 0.25) is 5.02 Å². The molecule has 0 spiro atoms. The number of carbonyl (C=O) groups is 1. The molecule has 2 atom stereocenters. The van der Waals surface area contributed by atoms with E-state index in [9.17, 15) is 4.79 Å². The molecule has 1 saturated carbocycles. The Labute approximate surface area is 131 Å². The van der Waals surface area contributed by atoms with Gasteiger partial charge in [0, 0.05) is 16.3 Å². The molecule has 1 aliphatic rings. The number of nitrogens with one attached hydrogen (secondary N) is 1. The van der Waals surface area contributed by atoms with E-state index >= 15 is 0 Å². The van der Waals surface area contributed by atoms with Crippen LogP contribution >= 0.6 is 39.3 Å². The summed E-state index contributed by atoms with van der Waals surface area (Å²) in [6.45, 7) is 0. The Morgan fingerprint density at radius 1 is 1.53 bits per heavy atom. The first-order valence-electron chi connectivity index (χ1n) is 6.36. The standard InChI is InChI=1S/C14H17BrClNOS/c1-19-10-5-6-12(16)11(7-10)14(18)17-13-4-2-3-9(13)8-15/h5-7,9,13H,2-4,8H2,1H3,(H,17,18). The van der Waals surface area contributed by atoms with Crippen LogP contribution in [0.25, 0.3) is 0 Å². The molecule has 2 nitrogen and oxygen atoms in total. The molecule has 5 heteroatoms. The minimum absolute atomic E-state index is 0.0567. The molecule has 1 aliphatic carbocycles. The van der Waals surface area contributed by atoms with Crippen molar-refractivity contribution in [2.24, 2.45) is 5.92 Å². The van der Waals surface area contributed by atoms with Crippen molar-refractivity contribution in [2.75, 3.05) is 11.6 Å². The Balaban J connectivity index is 2.11. The normalized spacial score (nSPS) is 22.5. The van der Waals surface area contributed by atoms with Gasteiger partial charge < -0.3 is 5.32 Å². The average molecular weight is 363 g/mol. The van der Waals surface area contributed by atoms with Crippen LogP contribution in [0.5, 0.6) is 0 Å². The first-order chi connectivity index (χ1) is 9.15. The molecule has 0 aromatic heterocycles. The van der Waals surface area contributed by atoms with Crippen LogP contribution in [0, 0.1) is 5.92 Å². The number of halogens is 2. The molecule has 1 aromatic carbocycles. The third-order valence-electron chi connectivity index (χ3n) is 3.59. The number of carbonyl (C=O) groups excluding carboxylic acids is 1. The summed E-state index contributed by atoms with van der Waals surface area (Å²) in [7, 11) is 0. The molecule has 1 fully saturated rings. The Morgan fingerprint density at radius 3 is 3.00 bits per heavy atom. The zero-order valence-corrected chi connectivity index (χ0v) is 13.9. The van der Waals surface area contributed by atoms with Crippen molar-refractivity contribution in [1.29, 1.82) is 0 Å². The number of thioether (sulfide) groups is 1. The van der Waals surface area contributed by atoms with E-state index in [0.29, 0.717) is 16.5 Å². The number of hydrogen-bond donors (Lipinski definition) is 1. The fraction of sp³-hybridized carbons (Fsp3) is 0.500. The van der Waals surface area contributed by atoms with Crippen molar-refractivity contribution in [3.8, 4) is 0 Å². The highest BCUT2D eigenvalue weighted by Crippen LogP contribution is 2.28. The van der Waals surface area contributed by atoms with Gasteiger partial charge >= 0.3 is 0 Å². The third-order valence-corrected chi connectivity index (χ3v) is 5.48. The second-order valence-corrected chi connectivity index (χ2v) is 6.71. The van der Waals surface area contributed by atoms with E-state index in [2.05, 4.69) is 21.2 Å². The molecule has 0 bridgehead atoms. The van der Waals surface area contributed by atoms with Crippen LogP contribution in [0.4, 0.5) is 0 Å². The Hall–Kier alpha value is -0.190. The minimum Gasteiger partial charge on any atom is -0.349 e. The number of hydrogen-bond acceptors (Lipinski definition) is 2. The number of alkyl halides is 1. The summed E-state index contributed by atoms with van der Waals surface area (Å²) in [6.07, 6.45) is 5.40. The van der Waals surface area contributed by atoms with E-state index in [4.69, 9.17) is 11.6 Å². The van der Waals surface area contributed by atoms with Gasteiger partial charge in [0.2, 0.25) is 0 Å². The molecule has 2 rings (SSSR count). The van der Waals surface area contributed by atoms with Crippen molar-refractivity contribution in [1.82, 2.24) is 5.32 Å². The third kappa shape index (κ3) is 3.67. The molecule has 1 N–H and O–H groups in total. The van der Waals surface area contributed by atoms with Crippen molar-refractivity contribution in [3.63, 3.8) is 0 Å². The van der Waals surface area contributed by atoms with Gasteiger partial charge in [-0.25, -0.2) is 0 Å². The number of rotatable bonds is 4. The first kappa shape index (κ1) is 15.2. The minimum atomic E-state index is -0.0567. The van der Waals surface area contributed by atoms with Gasteiger partial charge in [0.25, 0.3) is 5.91 Å². The van der Waals surface area contributed by atoms with Gasteiger partial charge in [-0.1, -0.05) is 34.0 Å². The number of amides is 1. The van der Waals surface area contributed by atoms with Gasteiger partial charge in [0.1, 0.15) is 0 Å². The molecule has 0 radical (unpaired) electrons. The highest BCUT2D eigenvalue weighted by Gasteiger charge is 2.28. The molecule has 1 amide bonds. The Morgan fingerprint density at radius 2 is 2.32 bits per heavy atom. The lowest BCUT2D eigenvalue weighted by Crippen LogP contribution is -2.38. The fourth-order valence-electron chi connectivity index (χ4n) is 2.46. The van der Waals surface area contributed by atoms with Crippen LogP contribution in [0.15, 0.2) is 23.1 Å². The molecule has 2 unspecified atom stereocenters. The largest absolute Gasteiger partial charge is 0.349 e. The maximum absolute atomic E-state index is 12.3. The smallest absolute Gasteiger partial charge is 0.253 e. The predicted octanol–water partition coefficient (Wildman–Crippen LogP) is 4.36. The van der Waals surface area contributed by atoms with E-state index in [0.717, 1.165) is 16.6 Å². The zero-order chi connectivity index (χ0) is 13.8. The topological polar surface area (TPSA) is 29.1 Å². The molecular formula is C14H17BrClNOS. The van der Waals surface area contributed by atoms with E-state index in [1.165, 1.54) is 12.8 Å². The summed E-state index contributed by atoms with van der Waals surface area (Å²) < 4.78 is 0. The van der Waals surface area contributed by atoms with Gasteiger partial charge in [0.15, 0.2) is 0 Å². The van der Waals surface area contributed by atoms with Crippen LogP contribution in [0.1, 0.15) is 29.6 Å². The summed E-state index contributed by atoms with van der Waals surface area (Å²) in [4.78, 5) is 13.4. The Bertz CT molecular complexity index is 469. The molecular weight excluding hydrogens is 346 g/mol. The van der Waals surface area contributed by atoms with Gasteiger partial charge in [-0.15, -0.1) is 11.8 Å². The van der Waals surface area contributed by atoms with Gasteiger partial charge in [-0.2, -0.15) is 0 Å². The van der Waals surface area contributed by atoms with Crippen LogP contribution in [-0.2, 0) is 0 Å². The van der Waals surface area contributed by atoms with Crippen molar-refractivity contribution in [2.45, 2.75) is 30.2 Å². The maximum atomic E-state index is 12.3. The van der Waals surface area contributed by atoms with E-state index in [-0.39, 0.29) is 11.9 Å². The van der Waals surface area contributed by atoms with E-state index in [1.54, 1.807) is 17.8 Å². The molecule has 0 aliphatic heterocycles. The molecule has 104 valence electrons. The van der Waals surface area contributed by atoms with Crippen LogP contribution < -0.4 is 5.32 Å². The van der Waals surface area contributed by atoms with Crippen molar-refractivity contribution >= 4 is 45.2 Å². The monoisotopic (exact) mass is 361 g/mol. The quantitative estimate of drug-likeness (QED) is 0.637. The summed E-state index contributed by atoms with van der Waals surface area (Å²) >= 11 is 11.3. The molecule has 0 heterocycles. The van der Waals surface area contributed by atoms with E-state index in [1.807, 2.05) is 18.4 Å². The fourth-order valence-corrected chi connectivity index (χ4v) is 3.88. The first-order valence-corrected chi connectivity index (χ1v) is 9.08. The lowest BCUT2D eigenvalue weighted by atomic mass is 10.1. The Kier molecular flexibility index (Phi) is 5.60. The second-order valence-electron chi connectivity index (χ2n) is 4.77. The van der Waals surface area contributed by atoms with Crippen LogP contribution in [-0.4, -0.2) is 23.5 Å².